The highest BCUT2D eigenvalue weighted by Gasteiger charge is 2.26. The van der Waals surface area contributed by atoms with Crippen LogP contribution in [0, 0.1) is 0 Å². The zero-order valence-corrected chi connectivity index (χ0v) is 18.9. The second-order valence-corrected chi connectivity index (χ2v) is 8.44. The molecule has 1 amide bonds. The van der Waals surface area contributed by atoms with Gasteiger partial charge in [0, 0.05) is 46.8 Å². The van der Waals surface area contributed by atoms with Crippen molar-refractivity contribution in [2.45, 2.75) is 12.6 Å². The first kappa shape index (κ1) is 22.1. The molecule has 1 saturated heterocycles. The standard InChI is InChI=1S/C27H31N3O2/c1-28(2)27(31)32-25-15-13-22(14-16-25)21-29-17-19-30(20-18-29)26(23-9-5-3-6-10-23)24-11-7-4-8-12-24/h3-16,26H,17-21H2,1-2H3. The fourth-order valence-corrected chi connectivity index (χ4v) is 4.18. The SMILES string of the molecule is CN(C)C(=O)Oc1ccc(CN2CCN(C(c3ccccc3)c3ccccc3)CC2)cc1. The molecule has 1 aliphatic heterocycles. The van der Waals surface area contributed by atoms with E-state index in [1.54, 1.807) is 14.1 Å². The quantitative estimate of drug-likeness (QED) is 0.571. The highest BCUT2D eigenvalue weighted by Crippen LogP contribution is 2.29. The van der Waals surface area contributed by atoms with Crippen molar-refractivity contribution < 1.29 is 9.53 Å². The van der Waals surface area contributed by atoms with Gasteiger partial charge in [0.25, 0.3) is 0 Å². The highest BCUT2D eigenvalue weighted by atomic mass is 16.6. The van der Waals surface area contributed by atoms with Gasteiger partial charge in [-0.1, -0.05) is 72.8 Å². The lowest BCUT2D eigenvalue weighted by Gasteiger charge is -2.39. The number of hydrogen-bond acceptors (Lipinski definition) is 4. The Labute approximate surface area is 190 Å². The molecule has 0 atom stereocenters. The van der Waals surface area contributed by atoms with Crippen molar-refractivity contribution in [1.82, 2.24) is 14.7 Å². The summed E-state index contributed by atoms with van der Waals surface area (Å²) >= 11 is 0. The average Bonchev–Trinajstić information content (AvgIpc) is 2.83. The predicted octanol–water partition coefficient (Wildman–Crippen LogP) is 4.65. The number of hydrogen-bond donors (Lipinski definition) is 0. The molecule has 1 fully saturated rings. The first-order valence-electron chi connectivity index (χ1n) is 11.1. The first-order valence-corrected chi connectivity index (χ1v) is 11.1. The molecule has 4 rings (SSSR count). The van der Waals surface area contributed by atoms with Gasteiger partial charge in [-0.05, 0) is 28.8 Å². The van der Waals surface area contributed by atoms with Crippen LogP contribution in [0.25, 0.3) is 0 Å². The van der Waals surface area contributed by atoms with Crippen LogP contribution >= 0.6 is 0 Å². The van der Waals surface area contributed by atoms with Gasteiger partial charge < -0.3 is 9.64 Å². The van der Waals surface area contributed by atoms with Crippen LogP contribution in [0.2, 0.25) is 0 Å². The van der Waals surface area contributed by atoms with Crippen LogP contribution in [0.1, 0.15) is 22.7 Å². The summed E-state index contributed by atoms with van der Waals surface area (Å²) in [6.45, 7) is 4.98. The van der Waals surface area contributed by atoms with Crippen LogP contribution in [0.4, 0.5) is 4.79 Å². The second kappa shape index (κ2) is 10.4. The molecule has 3 aromatic carbocycles. The molecule has 0 radical (unpaired) electrons. The summed E-state index contributed by atoms with van der Waals surface area (Å²) in [7, 11) is 3.35. The summed E-state index contributed by atoms with van der Waals surface area (Å²) in [5.74, 6) is 0.575. The summed E-state index contributed by atoms with van der Waals surface area (Å²) in [5.41, 5.74) is 3.91. The van der Waals surface area contributed by atoms with E-state index in [4.69, 9.17) is 4.74 Å². The van der Waals surface area contributed by atoms with Crippen LogP contribution in [-0.2, 0) is 6.54 Å². The number of amides is 1. The molecule has 0 aliphatic carbocycles. The van der Waals surface area contributed by atoms with Gasteiger partial charge in [0.2, 0.25) is 0 Å². The Kier molecular flexibility index (Phi) is 7.20. The van der Waals surface area contributed by atoms with Gasteiger partial charge in [-0.25, -0.2) is 4.79 Å². The van der Waals surface area contributed by atoms with Crippen molar-refractivity contribution in [3.8, 4) is 5.75 Å². The third-order valence-electron chi connectivity index (χ3n) is 5.90. The van der Waals surface area contributed by atoms with E-state index in [1.165, 1.54) is 21.6 Å². The largest absolute Gasteiger partial charge is 0.414 e. The summed E-state index contributed by atoms with van der Waals surface area (Å²) < 4.78 is 5.31. The zero-order chi connectivity index (χ0) is 22.3. The summed E-state index contributed by atoms with van der Waals surface area (Å²) in [6, 6.07) is 29.7. The third-order valence-corrected chi connectivity index (χ3v) is 5.90. The Morgan fingerprint density at radius 1 is 0.812 bits per heavy atom. The summed E-state index contributed by atoms with van der Waals surface area (Å²) in [5, 5.41) is 0. The fourth-order valence-electron chi connectivity index (χ4n) is 4.18. The number of benzene rings is 3. The first-order chi connectivity index (χ1) is 15.6. The van der Waals surface area contributed by atoms with E-state index < -0.39 is 0 Å². The van der Waals surface area contributed by atoms with E-state index >= 15 is 0 Å². The van der Waals surface area contributed by atoms with E-state index in [9.17, 15) is 4.79 Å². The number of carbonyl (C=O) groups is 1. The Morgan fingerprint density at radius 3 is 1.84 bits per heavy atom. The molecule has 0 aromatic heterocycles. The number of ether oxygens (including phenoxy) is 1. The summed E-state index contributed by atoms with van der Waals surface area (Å²) in [6.07, 6.45) is -0.361. The molecular weight excluding hydrogens is 398 g/mol. The van der Waals surface area contributed by atoms with Crippen LogP contribution in [0.5, 0.6) is 5.75 Å². The Bertz CT molecular complexity index is 943. The predicted molar refractivity (Wildman–Crippen MR) is 128 cm³/mol. The van der Waals surface area contributed by atoms with Crippen LogP contribution < -0.4 is 4.74 Å². The van der Waals surface area contributed by atoms with Gasteiger partial charge in [0.05, 0.1) is 6.04 Å². The molecule has 0 bridgehead atoms. The van der Waals surface area contributed by atoms with E-state index in [1.807, 2.05) is 24.3 Å². The van der Waals surface area contributed by atoms with E-state index in [-0.39, 0.29) is 12.1 Å². The van der Waals surface area contributed by atoms with E-state index in [0.29, 0.717) is 5.75 Å². The molecule has 5 nitrogen and oxygen atoms in total. The van der Waals surface area contributed by atoms with Gasteiger partial charge in [0.1, 0.15) is 5.75 Å². The van der Waals surface area contributed by atoms with Gasteiger partial charge in [-0.2, -0.15) is 0 Å². The average molecular weight is 430 g/mol. The van der Waals surface area contributed by atoms with E-state index in [2.05, 4.69) is 70.5 Å². The Morgan fingerprint density at radius 2 is 1.34 bits per heavy atom. The van der Waals surface area contributed by atoms with Crippen LogP contribution in [-0.4, -0.2) is 61.1 Å². The van der Waals surface area contributed by atoms with Crippen LogP contribution in [0.3, 0.4) is 0 Å². The van der Waals surface area contributed by atoms with Crippen LogP contribution in [0.15, 0.2) is 84.9 Å². The molecule has 0 unspecified atom stereocenters. The maximum atomic E-state index is 11.7. The smallest absolute Gasteiger partial charge is 0.410 e. The number of rotatable bonds is 6. The second-order valence-electron chi connectivity index (χ2n) is 8.44. The molecule has 166 valence electrons. The minimum absolute atomic E-state index is 0.283. The van der Waals surface area contributed by atoms with Crippen molar-refractivity contribution in [3.05, 3.63) is 102 Å². The molecule has 5 heteroatoms. The molecule has 0 N–H and O–H groups in total. The topological polar surface area (TPSA) is 36.0 Å². The molecule has 32 heavy (non-hydrogen) atoms. The lowest BCUT2D eigenvalue weighted by atomic mass is 9.96. The lowest BCUT2D eigenvalue weighted by Crippen LogP contribution is -2.47. The van der Waals surface area contributed by atoms with Crippen molar-refractivity contribution in [3.63, 3.8) is 0 Å². The van der Waals surface area contributed by atoms with Crippen molar-refractivity contribution in [2.75, 3.05) is 40.3 Å². The van der Waals surface area contributed by atoms with Crippen molar-refractivity contribution in [2.24, 2.45) is 0 Å². The number of carbonyl (C=O) groups excluding carboxylic acids is 1. The zero-order valence-electron chi connectivity index (χ0n) is 18.9. The Balaban J connectivity index is 1.37. The molecule has 0 spiro atoms. The molecule has 1 heterocycles. The lowest BCUT2D eigenvalue weighted by molar-refractivity contribution is 0.105. The molecule has 3 aromatic rings. The monoisotopic (exact) mass is 429 g/mol. The van der Waals surface area contributed by atoms with Crippen molar-refractivity contribution in [1.29, 1.82) is 0 Å². The van der Waals surface area contributed by atoms with Gasteiger partial charge in [-0.15, -0.1) is 0 Å². The minimum atomic E-state index is -0.361. The summed E-state index contributed by atoms with van der Waals surface area (Å²) in [4.78, 5) is 18.2. The number of piperazine rings is 1. The Hall–Kier alpha value is -3.15. The maximum Gasteiger partial charge on any atom is 0.414 e. The molecule has 0 saturated carbocycles. The molecule has 1 aliphatic rings. The van der Waals surface area contributed by atoms with E-state index in [0.717, 1.165) is 32.7 Å². The number of nitrogens with zero attached hydrogens (tertiary/aromatic N) is 3. The maximum absolute atomic E-state index is 11.7. The third kappa shape index (κ3) is 5.55. The van der Waals surface area contributed by atoms with Gasteiger partial charge in [-0.3, -0.25) is 9.80 Å². The van der Waals surface area contributed by atoms with Crippen molar-refractivity contribution >= 4 is 6.09 Å². The van der Waals surface area contributed by atoms with Gasteiger partial charge in [0.15, 0.2) is 0 Å². The molecular formula is C27H31N3O2. The minimum Gasteiger partial charge on any atom is -0.410 e. The normalized spacial score (nSPS) is 15.0. The fraction of sp³-hybridized carbons (Fsp3) is 0.296. The highest BCUT2D eigenvalue weighted by molar-refractivity contribution is 5.69. The van der Waals surface area contributed by atoms with Gasteiger partial charge >= 0.3 is 6.09 Å².